The van der Waals surface area contributed by atoms with Crippen LogP contribution in [0.5, 0.6) is 5.75 Å². The lowest BCUT2D eigenvalue weighted by Crippen LogP contribution is -2.13. The number of nitrogens with one attached hydrogen (secondary N) is 1. The lowest BCUT2D eigenvalue weighted by atomic mass is 10.3. The number of hydrogen-bond acceptors (Lipinski definition) is 6. The summed E-state index contributed by atoms with van der Waals surface area (Å²) in [6, 6.07) is 14.5. The molecule has 9 nitrogen and oxygen atoms in total. The zero-order valence-corrected chi connectivity index (χ0v) is 15.1. The van der Waals surface area contributed by atoms with Crippen LogP contribution < -0.4 is 10.1 Å². The molecule has 3 aromatic rings. The first-order valence-corrected chi connectivity index (χ1v) is 8.40. The van der Waals surface area contributed by atoms with Crippen molar-refractivity contribution in [3.05, 3.63) is 76.6 Å². The normalized spacial score (nSPS) is 10.5. The largest absolute Gasteiger partial charge is 0.491 e. The Balaban J connectivity index is 1.70. The number of aromatic nitrogens is 2. The molecule has 0 aliphatic rings. The van der Waals surface area contributed by atoms with E-state index in [0.29, 0.717) is 30.3 Å². The molecule has 0 bridgehead atoms. The van der Waals surface area contributed by atoms with E-state index in [2.05, 4.69) is 10.4 Å². The van der Waals surface area contributed by atoms with Crippen molar-refractivity contribution in [3.63, 3.8) is 0 Å². The van der Waals surface area contributed by atoms with Gasteiger partial charge in [0.05, 0.1) is 17.2 Å². The molecule has 1 amide bonds. The van der Waals surface area contributed by atoms with E-state index >= 15 is 0 Å². The lowest BCUT2D eigenvalue weighted by molar-refractivity contribution is -0.384. The van der Waals surface area contributed by atoms with Crippen LogP contribution in [0.15, 0.2) is 60.8 Å². The van der Waals surface area contributed by atoms with Crippen molar-refractivity contribution in [1.82, 2.24) is 9.78 Å². The zero-order chi connectivity index (χ0) is 19.9. The van der Waals surface area contributed by atoms with Crippen LogP contribution in [-0.2, 0) is 4.74 Å². The van der Waals surface area contributed by atoms with Crippen LogP contribution in [0.1, 0.15) is 10.5 Å². The van der Waals surface area contributed by atoms with Gasteiger partial charge >= 0.3 is 0 Å². The molecule has 0 atom stereocenters. The molecule has 1 N–H and O–H groups in total. The van der Waals surface area contributed by atoms with Gasteiger partial charge in [-0.1, -0.05) is 12.1 Å². The van der Waals surface area contributed by atoms with E-state index < -0.39 is 10.8 Å². The summed E-state index contributed by atoms with van der Waals surface area (Å²) >= 11 is 0. The number of anilines is 1. The monoisotopic (exact) mass is 382 g/mol. The smallest absolute Gasteiger partial charge is 0.276 e. The molecular weight excluding hydrogens is 364 g/mol. The van der Waals surface area contributed by atoms with E-state index in [4.69, 9.17) is 9.47 Å². The van der Waals surface area contributed by atoms with Crippen LogP contribution in [0, 0.1) is 10.1 Å². The Bertz CT molecular complexity index is 986. The molecule has 2 aromatic carbocycles. The van der Waals surface area contributed by atoms with E-state index in [1.807, 2.05) is 0 Å². The first kappa shape index (κ1) is 19.1. The van der Waals surface area contributed by atoms with Crippen LogP contribution in [0.4, 0.5) is 11.4 Å². The molecule has 0 spiro atoms. The number of nitro groups is 1. The average Bonchev–Trinajstić information content (AvgIpc) is 3.19. The summed E-state index contributed by atoms with van der Waals surface area (Å²) < 4.78 is 11.9. The first-order valence-electron chi connectivity index (χ1n) is 8.40. The van der Waals surface area contributed by atoms with Gasteiger partial charge in [0.2, 0.25) is 0 Å². The van der Waals surface area contributed by atoms with Crippen molar-refractivity contribution in [2.75, 3.05) is 25.6 Å². The van der Waals surface area contributed by atoms with Gasteiger partial charge in [-0.3, -0.25) is 14.9 Å². The predicted octanol–water partition coefficient (Wildman–Crippen LogP) is 3.06. The van der Waals surface area contributed by atoms with E-state index in [0.717, 1.165) is 0 Å². The van der Waals surface area contributed by atoms with E-state index in [1.165, 1.54) is 22.9 Å². The fourth-order valence-corrected chi connectivity index (χ4v) is 2.44. The maximum absolute atomic E-state index is 12.4. The molecule has 0 saturated heterocycles. The molecule has 144 valence electrons. The Morgan fingerprint density at radius 1 is 1.18 bits per heavy atom. The number of carbonyl (C=O) groups excluding carboxylic acids is 1. The number of ether oxygens (including phenoxy) is 2. The molecule has 3 rings (SSSR count). The summed E-state index contributed by atoms with van der Waals surface area (Å²) in [5.74, 6) is 0.204. The van der Waals surface area contributed by atoms with Crippen molar-refractivity contribution in [1.29, 1.82) is 0 Å². The molecule has 0 fully saturated rings. The van der Waals surface area contributed by atoms with Gasteiger partial charge in [0.1, 0.15) is 12.4 Å². The van der Waals surface area contributed by atoms with Crippen LogP contribution in [0.2, 0.25) is 0 Å². The van der Waals surface area contributed by atoms with Crippen molar-refractivity contribution in [2.45, 2.75) is 0 Å². The van der Waals surface area contributed by atoms with Gasteiger partial charge in [-0.25, -0.2) is 4.68 Å². The van der Waals surface area contributed by atoms with Crippen LogP contribution in [-0.4, -0.2) is 40.9 Å². The first-order chi connectivity index (χ1) is 13.6. The molecule has 1 aromatic heterocycles. The fraction of sp³-hybridized carbons (Fsp3) is 0.158. The molecular formula is C19H18N4O5. The van der Waals surface area contributed by atoms with Gasteiger partial charge in [0, 0.05) is 37.2 Å². The van der Waals surface area contributed by atoms with Gasteiger partial charge in [-0.15, -0.1) is 0 Å². The van der Waals surface area contributed by atoms with E-state index in [9.17, 15) is 14.9 Å². The highest BCUT2D eigenvalue weighted by atomic mass is 16.6. The predicted molar refractivity (Wildman–Crippen MR) is 102 cm³/mol. The highest BCUT2D eigenvalue weighted by Gasteiger charge is 2.13. The van der Waals surface area contributed by atoms with Gasteiger partial charge in [0.15, 0.2) is 5.69 Å². The Kier molecular flexibility index (Phi) is 5.97. The number of non-ortho nitro benzene ring substituents is 1. The molecule has 0 saturated carbocycles. The van der Waals surface area contributed by atoms with Crippen LogP contribution in [0.25, 0.3) is 5.69 Å². The summed E-state index contributed by atoms with van der Waals surface area (Å²) in [5, 5.41) is 17.8. The SMILES string of the molecule is COCCOc1cccc(NC(=O)c2ccn(-c3cccc([N+](=O)[O-])c3)n2)c1. The lowest BCUT2D eigenvalue weighted by Gasteiger charge is -2.08. The van der Waals surface area contributed by atoms with E-state index in [1.54, 1.807) is 49.7 Å². The number of carbonyl (C=O) groups is 1. The zero-order valence-electron chi connectivity index (χ0n) is 15.1. The Morgan fingerprint density at radius 3 is 2.79 bits per heavy atom. The van der Waals surface area contributed by atoms with Crippen molar-refractivity contribution < 1.29 is 19.2 Å². The third kappa shape index (κ3) is 4.71. The van der Waals surface area contributed by atoms with Crippen molar-refractivity contribution >= 4 is 17.3 Å². The second kappa shape index (κ2) is 8.78. The molecule has 1 heterocycles. The average molecular weight is 382 g/mol. The quantitative estimate of drug-likeness (QED) is 0.364. The summed E-state index contributed by atoms with van der Waals surface area (Å²) in [4.78, 5) is 22.9. The minimum absolute atomic E-state index is 0.0516. The maximum atomic E-state index is 12.4. The Hall–Kier alpha value is -3.72. The van der Waals surface area contributed by atoms with E-state index in [-0.39, 0.29) is 11.4 Å². The molecule has 0 radical (unpaired) electrons. The number of rotatable bonds is 8. The van der Waals surface area contributed by atoms with Crippen molar-refractivity contribution in [3.8, 4) is 11.4 Å². The minimum atomic E-state index is -0.484. The fourth-order valence-electron chi connectivity index (χ4n) is 2.44. The molecule has 9 heteroatoms. The third-order valence-corrected chi connectivity index (χ3v) is 3.77. The standard InChI is InChI=1S/C19H18N4O5/c1-27-10-11-28-17-7-2-4-14(12-17)20-19(24)18-8-9-22(21-18)15-5-3-6-16(13-15)23(25)26/h2-9,12-13H,10-11H2,1H3,(H,20,24). The molecule has 0 unspecified atom stereocenters. The van der Waals surface area contributed by atoms with Gasteiger partial charge < -0.3 is 14.8 Å². The minimum Gasteiger partial charge on any atom is -0.491 e. The maximum Gasteiger partial charge on any atom is 0.276 e. The van der Waals surface area contributed by atoms with Crippen molar-refractivity contribution in [2.24, 2.45) is 0 Å². The number of nitrogens with zero attached hydrogens (tertiary/aromatic N) is 3. The number of methoxy groups -OCH3 is 1. The Morgan fingerprint density at radius 2 is 2.00 bits per heavy atom. The highest BCUT2D eigenvalue weighted by Crippen LogP contribution is 2.19. The molecule has 0 aliphatic heterocycles. The number of hydrogen-bond donors (Lipinski definition) is 1. The Labute approximate surface area is 160 Å². The highest BCUT2D eigenvalue weighted by molar-refractivity contribution is 6.02. The number of benzene rings is 2. The third-order valence-electron chi connectivity index (χ3n) is 3.77. The number of nitro benzene ring substituents is 1. The summed E-state index contributed by atoms with van der Waals surface area (Å²) in [7, 11) is 1.59. The summed E-state index contributed by atoms with van der Waals surface area (Å²) in [6.45, 7) is 0.868. The van der Waals surface area contributed by atoms with Crippen LogP contribution in [0.3, 0.4) is 0 Å². The molecule has 0 aliphatic carbocycles. The topological polar surface area (TPSA) is 109 Å². The summed E-state index contributed by atoms with van der Waals surface area (Å²) in [5.41, 5.74) is 1.17. The van der Waals surface area contributed by atoms with Gasteiger partial charge in [-0.2, -0.15) is 5.10 Å². The van der Waals surface area contributed by atoms with Crippen LogP contribution >= 0.6 is 0 Å². The molecule has 28 heavy (non-hydrogen) atoms. The summed E-state index contributed by atoms with van der Waals surface area (Å²) in [6.07, 6.45) is 1.57. The van der Waals surface area contributed by atoms with Gasteiger partial charge in [-0.05, 0) is 24.3 Å². The van der Waals surface area contributed by atoms with Gasteiger partial charge in [0.25, 0.3) is 11.6 Å². The second-order valence-corrected chi connectivity index (χ2v) is 5.75. The number of amides is 1. The second-order valence-electron chi connectivity index (χ2n) is 5.75.